The molecule has 3 nitrogen and oxygen atoms in total. The molecule has 1 atom stereocenters. The number of aryl methyl sites for hydroxylation is 1. The summed E-state index contributed by atoms with van der Waals surface area (Å²) in [7, 11) is 0. The highest BCUT2D eigenvalue weighted by Gasteiger charge is 2.34. The van der Waals surface area contributed by atoms with Crippen LogP contribution in [-0.4, -0.2) is 17.3 Å². The van der Waals surface area contributed by atoms with Gasteiger partial charge in [-0.25, -0.2) is 0 Å². The van der Waals surface area contributed by atoms with Gasteiger partial charge in [0.2, 0.25) is 5.91 Å². The third-order valence-corrected chi connectivity index (χ3v) is 6.19. The number of fused-ring (bicyclic) bond motifs is 1. The number of benzene rings is 2. The van der Waals surface area contributed by atoms with Gasteiger partial charge in [-0.1, -0.05) is 41.4 Å². The predicted octanol–water partition coefficient (Wildman–Crippen LogP) is 5.95. The summed E-state index contributed by atoms with van der Waals surface area (Å²) in [5.41, 5.74) is 2.93. The van der Waals surface area contributed by atoms with Crippen LogP contribution in [0.2, 0.25) is 10.0 Å². The SMILES string of the molecule is Cc1ccc2c(c1)OC(C)(C)C[C@@H]2NC(=O)CSCc1ccc(Cl)c(Cl)c1. The molecule has 3 rings (SSSR count). The Morgan fingerprint density at radius 1 is 1.22 bits per heavy atom. The number of carbonyl (C=O) groups excluding carboxylic acids is 1. The zero-order valence-corrected chi connectivity index (χ0v) is 18.0. The van der Waals surface area contributed by atoms with Crippen molar-refractivity contribution in [2.45, 2.75) is 44.6 Å². The van der Waals surface area contributed by atoms with E-state index in [0.29, 0.717) is 21.6 Å². The maximum atomic E-state index is 12.5. The highest BCUT2D eigenvalue weighted by atomic mass is 35.5. The van der Waals surface area contributed by atoms with Gasteiger partial charge in [-0.2, -0.15) is 0 Å². The zero-order valence-electron chi connectivity index (χ0n) is 15.6. The number of hydrogen-bond acceptors (Lipinski definition) is 3. The van der Waals surface area contributed by atoms with E-state index in [9.17, 15) is 4.79 Å². The summed E-state index contributed by atoms with van der Waals surface area (Å²) in [6, 6.07) is 11.7. The van der Waals surface area contributed by atoms with Gasteiger partial charge in [-0.05, 0) is 50.1 Å². The van der Waals surface area contributed by atoms with Crippen molar-refractivity contribution >= 4 is 40.9 Å². The first-order valence-electron chi connectivity index (χ1n) is 8.84. The molecule has 1 amide bonds. The Hall–Kier alpha value is -1.36. The summed E-state index contributed by atoms with van der Waals surface area (Å²) < 4.78 is 6.09. The van der Waals surface area contributed by atoms with E-state index in [0.717, 1.165) is 28.9 Å². The normalized spacial score (nSPS) is 17.7. The maximum absolute atomic E-state index is 12.5. The van der Waals surface area contributed by atoms with E-state index in [1.807, 2.05) is 31.2 Å². The van der Waals surface area contributed by atoms with Crippen molar-refractivity contribution in [2.24, 2.45) is 0 Å². The van der Waals surface area contributed by atoms with Crippen LogP contribution in [0.15, 0.2) is 36.4 Å². The molecule has 0 spiro atoms. The maximum Gasteiger partial charge on any atom is 0.230 e. The minimum absolute atomic E-state index is 0.0225. The molecule has 0 unspecified atom stereocenters. The van der Waals surface area contributed by atoms with Crippen LogP contribution in [0.1, 0.15) is 43.0 Å². The van der Waals surface area contributed by atoms with Crippen molar-refractivity contribution in [1.82, 2.24) is 5.32 Å². The molecule has 0 aliphatic carbocycles. The molecule has 0 aromatic heterocycles. The molecular formula is C21H23Cl2NO2S. The van der Waals surface area contributed by atoms with Crippen molar-refractivity contribution < 1.29 is 9.53 Å². The lowest BCUT2D eigenvalue weighted by Crippen LogP contribution is -2.41. The predicted molar refractivity (Wildman–Crippen MR) is 114 cm³/mol. The van der Waals surface area contributed by atoms with Crippen molar-refractivity contribution in [3.8, 4) is 5.75 Å². The number of amides is 1. The lowest BCUT2D eigenvalue weighted by atomic mass is 9.89. The molecule has 27 heavy (non-hydrogen) atoms. The second kappa shape index (κ2) is 8.34. The number of carbonyl (C=O) groups is 1. The van der Waals surface area contributed by atoms with E-state index in [-0.39, 0.29) is 17.6 Å². The Bertz CT molecular complexity index is 854. The Morgan fingerprint density at radius 2 is 2.00 bits per heavy atom. The topological polar surface area (TPSA) is 38.3 Å². The number of nitrogens with one attached hydrogen (secondary N) is 1. The van der Waals surface area contributed by atoms with Gasteiger partial charge < -0.3 is 10.1 Å². The Balaban J connectivity index is 1.59. The fourth-order valence-corrected chi connectivity index (χ4v) is 4.32. The van der Waals surface area contributed by atoms with E-state index in [1.165, 1.54) is 0 Å². The standard InChI is InChI=1S/C21H23Cl2NO2S/c1-13-4-6-15-18(10-21(2,3)26-19(15)8-13)24-20(25)12-27-11-14-5-7-16(22)17(23)9-14/h4-9,18H,10-12H2,1-3H3,(H,24,25)/t18-/m0/s1. The van der Waals surface area contributed by atoms with E-state index >= 15 is 0 Å². The first kappa shape index (κ1) is 20.4. The van der Waals surface area contributed by atoms with Crippen LogP contribution in [0.3, 0.4) is 0 Å². The third-order valence-electron chi connectivity index (χ3n) is 4.45. The summed E-state index contributed by atoms with van der Waals surface area (Å²) in [5, 5.41) is 4.25. The number of thioether (sulfide) groups is 1. The monoisotopic (exact) mass is 423 g/mol. The summed E-state index contributed by atoms with van der Waals surface area (Å²) in [4.78, 5) is 12.5. The lowest BCUT2D eigenvalue weighted by Gasteiger charge is -2.38. The Morgan fingerprint density at radius 3 is 2.74 bits per heavy atom. The molecule has 0 saturated heterocycles. The fourth-order valence-electron chi connectivity index (χ4n) is 3.21. The lowest BCUT2D eigenvalue weighted by molar-refractivity contribution is -0.119. The largest absolute Gasteiger partial charge is 0.487 e. The molecule has 1 N–H and O–H groups in total. The smallest absolute Gasteiger partial charge is 0.230 e. The molecule has 144 valence electrons. The number of halogens is 2. The summed E-state index contributed by atoms with van der Waals surface area (Å²) >= 11 is 13.5. The molecule has 0 radical (unpaired) electrons. The van der Waals surface area contributed by atoms with E-state index in [4.69, 9.17) is 27.9 Å². The van der Waals surface area contributed by atoms with Crippen LogP contribution in [0.25, 0.3) is 0 Å². The summed E-state index contributed by atoms with van der Waals surface area (Å²) in [5.74, 6) is 1.98. The minimum Gasteiger partial charge on any atom is -0.487 e. The molecule has 2 aromatic carbocycles. The van der Waals surface area contributed by atoms with Crippen LogP contribution in [0.4, 0.5) is 0 Å². The Kier molecular flexibility index (Phi) is 6.29. The van der Waals surface area contributed by atoms with E-state index in [1.54, 1.807) is 17.8 Å². The highest BCUT2D eigenvalue weighted by molar-refractivity contribution is 7.99. The van der Waals surface area contributed by atoms with Crippen LogP contribution < -0.4 is 10.1 Å². The number of ether oxygens (including phenoxy) is 1. The molecule has 1 aliphatic heterocycles. The molecular weight excluding hydrogens is 401 g/mol. The zero-order chi connectivity index (χ0) is 19.6. The van der Waals surface area contributed by atoms with E-state index in [2.05, 4.69) is 25.2 Å². The van der Waals surface area contributed by atoms with E-state index < -0.39 is 0 Å². The molecule has 0 bridgehead atoms. The average molecular weight is 424 g/mol. The number of rotatable bonds is 5. The van der Waals surface area contributed by atoms with Gasteiger partial charge in [0.25, 0.3) is 0 Å². The molecule has 2 aromatic rings. The van der Waals surface area contributed by atoms with Gasteiger partial charge in [0.1, 0.15) is 11.4 Å². The fraction of sp³-hybridized carbons (Fsp3) is 0.381. The highest BCUT2D eigenvalue weighted by Crippen LogP contribution is 2.39. The van der Waals surface area contributed by atoms with Gasteiger partial charge in [-0.3, -0.25) is 4.79 Å². The quantitative estimate of drug-likeness (QED) is 0.644. The molecule has 0 saturated carbocycles. The van der Waals surface area contributed by atoms with Crippen molar-refractivity contribution in [3.63, 3.8) is 0 Å². The van der Waals surface area contributed by atoms with Crippen LogP contribution in [0, 0.1) is 6.92 Å². The van der Waals surface area contributed by atoms with Gasteiger partial charge in [0.05, 0.1) is 21.8 Å². The van der Waals surface area contributed by atoms with Gasteiger partial charge >= 0.3 is 0 Å². The van der Waals surface area contributed by atoms with Crippen molar-refractivity contribution in [3.05, 3.63) is 63.1 Å². The average Bonchev–Trinajstić information content (AvgIpc) is 2.56. The summed E-state index contributed by atoms with van der Waals surface area (Å²) in [6.07, 6.45) is 0.742. The van der Waals surface area contributed by atoms with Crippen molar-refractivity contribution in [2.75, 3.05) is 5.75 Å². The Labute approximate surface area is 174 Å². The second-order valence-electron chi connectivity index (χ2n) is 7.47. The van der Waals surface area contributed by atoms with Gasteiger partial charge in [0.15, 0.2) is 0 Å². The van der Waals surface area contributed by atoms with Crippen molar-refractivity contribution in [1.29, 1.82) is 0 Å². The molecule has 6 heteroatoms. The molecule has 1 aliphatic rings. The first-order chi connectivity index (χ1) is 12.7. The van der Waals surface area contributed by atoms with Gasteiger partial charge in [-0.15, -0.1) is 11.8 Å². The van der Waals surface area contributed by atoms with Crippen LogP contribution in [0.5, 0.6) is 5.75 Å². The number of hydrogen-bond donors (Lipinski definition) is 1. The van der Waals surface area contributed by atoms with Crippen LogP contribution in [-0.2, 0) is 10.5 Å². The molecule has 1 heterocycles. The van der Waals surface area contributed by atoms with Crippen LogP contribution >= 0.6 is 35.0 Å². The first-order valence-corrected chi connectivity index (χ1v) is 10.8. The van der Waals surface area contributed by atoms with Gasteiger partial charge in [0, 0.05) is 17.7 Å². The second-order valence-corrected chi connectivity index (χ2v) is 9.27. The minimum atomic E-state index is -0.314. The molecule has 0 fully saturated rings. The third kappa shape index (κ3) is 5.34. The summed E-state index contributed by atoms with van der Waals surface area (Å²) in [6.45, 7) is 6.14.